The van der Waals surface area contributed by atoms with Gasteiger partial charge in [0, 0.05) is 0 Å². The van der Waals surface area contributed by atoms with Gasteiger partial charge >= 0.3 is 6.18 Å². The fraction of sp³-hybridized carbons (Fsp3) is 0.200. The van der Waals surface area contributed by atoms with Crippen LogP contribution in [0.3, 0.4) is 0 Å². The second kappa shape index (κ2) is 6.13. The van der Waals surface area contributed by atoms with Gasteiger partial charge < -0.3 is 10.5 Å². The molecular weight excluding hydrogens is 286 g/mol. The summed E-state index contributed by atoms with van der Waals surface area (Å²) in [5, 5.41) is 0. The largest absolute Gasteiger partial charge is 0.453 e. The quantitative estimate of drug-likeness (QED) is 0.861. The molecule has 0 saturated carbocycles. The van der Waals surface area contributed by atoms with Crippen molar-refractivity contribution < 1.29 is 22.3 Å². The van der Waals surface area contributed by atoms with Gasteiger partial charge in [-0.1, -0.05) is 24.3 Å². The molecular formula is C15H13F4NO. The van der Waals surface area contributed by atoms with E-state index in [0.29, 0.717) is 12.0 Å². The number of nitrogens with two attached hydrogens (primary N) is 1. The van der Waals surface area contributed by atoms with E-state index in [1.54, 1.807) is 6.07 Å². The van der Waals surface area contributed by atoms with Gasteiger partial charge in [-0.15, -0.1) is 0 Å². The van der Waals surface area contributed by atoms with Crippen molar-refractivity contribution in [2.75, 3.05) is 6.54 Å². The highest BCUT2D eigenvalue weighted by atomic mass is 19.4. The van der Waals surface area contributed by atoms with Crippen LogP contribution in [-0.2, 0) is 12.6 Å². The fourth-order valence-corrected chi connectivity index (χ4v) is 1.92. The molecule has 2 aromatic rings. The molecule has 0 saturated heterocycles. The lowest BCUT2D eigenvalue weighted by atomic mass is 10.1. The lowest BCUT2D eigenvalue weighted by Crippen LogP contribution is -2.09. The number of benzene rings is 2. The highest BCUT2D eigenvalue weighted by molar-refractivity contribution is 5.43. The Morgan fingerprint density at radius 3 is 2.38 bits per heavy atom. The SMILES string of the molecule is NCCc1cccc(F)c1Oc1ccccc1C(F)(F)F. The standard InChI is InChI=1S/C15H13F4NO/c16-12-6-3-4-10(8-9-20)14(12)21-13-7-2-1-5-11(13)15(17,18)19/h1-7H,8-9,20H2. The molecule has 2 rings (SSSR count). The van der Waals surface area contributed by atoms with Crippen molar-refractivity contribution in [1.82, 2.24) is 0 Å². The monoisotopic (exact) mass is 299 g/mol. The van der Waals surface area contributed by atoms with Crippen LogP contribution in [-0.4, -0.2) is 6.54 Å². The van der Waals surface area contributed by atoms with Gasteiger partial charge in [-0.05, 0) is 36.7 Å². The maximum Gasteiger partial charge on any atom is 0.419 e. The van der Waals surface area contributed by atoms with Gasteiger partial charge in [0.2, 0.25) is 0 Å². The molecule has 112 valence electrons. The van der Waals surface area contributed by atoms with E-state index in [4.69, 9.17) is 10.5 Å². The number of rotatable bonds is 4. The average molecular weight is 299 g/mol. The molecule has 0 atom stereocenters. The minimum Gasteiger partial charge on any atom is -0.453 e. The summed E-state index contributed by atoms with van der Waals surface area (Å²) in [5.74, 6) is -1.38. The second-order valence-electron chi connectivity index (χ2n) is 4.36. The first-order valence-corrected chi connectivity index (χ1v) is 6.25. The Morgan fingerprint density at radius 2 is 1.71 bits per heavy atom. The van der Waals surface area contributed by atoms with Crippen molar-refractivity contribution in [1.29, 1.82) is 0 Å². The van der Waals surface area contributed by atoms with Crippen LogP contribution in [0.25, 0.3) is 0 Å². The minimum absolute atomic E-state index is 0.223. The van der Waals surface area contributed by atoms with Gasteiger partial charge in [0.25, 0.3) is 0 Å². The molecule has 0 unspecified atom stereocenters. The summed E-state index contributed by atoms with van der Waals surface area (Å²) in [6.45, 7) is 0.237. The number of ether oxygens (including phenoxy) is 1. The zero-order valence-electron chi connectivity index (χ0n) is 11.0. The first-order chi connectivity index (χ1) is 9.93. The number of alkyl halides is 3. The van der Waals surface area contributed by atoms with Crippen LogP contribution in [0, 0.1) is 5.82 Å². The molecule has 0 amide bonds. The van der Waals surface area contributed by atoms with Gasteiger partial charge in [0.1, 0.15) is 5.75 Å². The molecule has 0 bridgehead atoms. The van der Waals surface area contributed by atoms with Crippen molar-refractivity contribution in [2.24, 2.45) is 5.73 Å². The lowest BCUT2D eigenvalue weighted by Gasteiger charge is -2.16. The number of halogens is 4. The van der Waals surface area contributed by atoms with Gasteiger partial charge in [0.15, 0.2) is 11.6 Å². The molecule has 0 aliphatic carbocycles. The molecule has 2 N–H and O–H groups in total. The lowest BCUT2D eigenvalue weighted by molar-refractivity contribution is -0.138. The fourth-order valence-electron chi connectivity index (χ4n) is 1.92. The number of para-hydroxylation sites is 2. The van der Waals surface area contributed by atoms with Gasteiger partial charge in [0.05, 0.1) is 5.56 Å². The van der Waals surface area contributed by atoms with Gasteiger partial charge in [-0.25, -0.2) is 4.39 Å². The zero-order valence-corrected chi connectivity index (χ0v) is 11.0. The Labute approximate surface area is 119 Å². The Kier molecular flexibility index (Phi) is 4.47. The Bertz CT molecular complexity index is 625. The van der Waals surface area contributed by atoms with Crippen molar-refractivity contribution in [3.05, 3.63) is 59.4 Å². The molecule has 2 aromatic carbocycles. The van der Waals surface area contributed by atoms with Crippen molar-refractivity contribution in [3.8, 4) is 11.5 Å². The van der Waals surface area contributed by atoms with Crippen LogP contribution >= 0.6 is 0 Å². The third kappa shape index (κ3) is 3.52. The summed E-state index contributed by atoms with van der Waals surface area (Å²) in [7, 11) is 0. The maximum atomic E-state index is 13.8. The molecule has 0 radical (unpaired) electrons. The molecule has 0 aliphatic rings. The van der Waals surface area contributed by atoms with Crippen LogP contribution in [0.2, 0.25) is 0 Å². The molecule has 0 aromatic heterocycles. The highest BCUT2D eigenvalue weighted by Crippen LogP contribution is 2.39. The normalized spacial score (nSPS) is 11.5. The predicted octanol–water partition coefficient (Wildman–Crippen LogP) is 4.14. The molecule has 0 spiro atoms. The Morgan fingerprint density at radius 1 is 1.00 bits per heavy atom. The zero-order chi connectivity index (χ0) is 15.5. The van der Waals surface area contributed by atoms with Crippen LogP contribution in [0.15, 0.2) is 42.5 Å². The summed E-state index contributed by atoms with van der Waals surface area (Å²) in [6.07, 6.45) is -4.27. The summed E-state index contributed by atoms with van der Waals surface area (Å²) >= 11 is 0. The minimum atomic E-state index is -4.57. The van der Waals surface area contributed by atoms with E-state index in [0.717, 1.165) is 18.2 Å². The van der Waals surface area contributed by atoms with Crippen molar-refractivity contribution >= 4 is 0 Å². The van der Waals surface area contributed by atoms with Crippen LogP contribution in [0.1, 0.15) is 11.1 Å². The van der Waals surface area contributed by atoms with Gasteiger partial charge in [-0.2, -0.15) is 13.2 Å². The summed E-state index contributed by atoms with van der Waals surface area (Å²) in [4.78, 5) is 0. The van der Waals surface area contributed by atoms with Gasteiger partial charge in [-0.3, -0.25) is 0 Å². The van der Waals surface area contributed by atoms with E-state index in [1.165, 1.54) is 18.2 Å². The molecule has 21 heavy (non-hydrogen) atoms. The topological polar surface area (TPSA) is 35.2 Å². The third-order valence-electron chi connectivity index (χ3n) is 2.87. The molecule has 0 fully saturated rings. The third-order valence-corrected chi connectivity index (χ3v) is 2.87. The summed E-state index contributed by atoms with van der Waals surface area (Å²) in [5.41, 5.74) is 4.89. The van der Waals surface area contributed by atoms with E-state index >= 15 is 0 Å². The van der Waals surface area contributed by atoms with E-state index in [2.05, 4.69) is 0 Å². The predicted molar refractivity (Wildman–Crippen MR) is 70.7 cm³/mol. The average Bonchev–Trinajstić information content (AvgIpc) is 2.42. The van der Waals surface area contributed by atoms with E-state index in [-0.39, 0.29) is 12.3 Å². The van der Waals surface area contributed by atoms with Crippen LogP contribution < -0.4 is 10.5 Å². The Hall–Kier alpha value is -2.08. The molecule has 0 heterocycles. The molecule has 0 aliphatic heterocycles. The highest BCUT2D eigenvalue weighted by Gasteiger charge is 2.34. The second-order valence-corrected chi connectivity index (χ2v) is 4.36. The molecule has 6 heteroatoms. The maximum absolute atomic E-state index is 13.8. The molecule has 2 nitrogen and oxygen atoms in total. The first kappa shape index (κ1) is 15.3. The number of hydrogen-bond donors (Lipinski definition) is 1. The van der Waals surface area contributed by atoms with Crippen molar-refractivity contribution in [3.63, 3.8) is 0 Å². The number of hydrogen-bond acceptors (Lipinski definition) is 2. The smallest absolute Gasteiger partial charge is 0.419 e. The first-order valence-electron chi connectivity index (χ1n) is 6.25. The van der Waals surface area contributed by atoms with E-state index in [9.17, 15) is 17.6 Å². The summed E-state index contributed by atoms with van der Waals surface area (Å²) in [6, 6.07) is 8.85. The Balaban J connectivity index is 2.44. The van der Waals surface area contributed by atoms with E-state index < -0.39 is 23.3 Å². The summed E-state index contributed by atoms with van der Waals surface area (Å²) < 4.78 is 57.8. The van der Waals surface area contributed by atoms with E-state index in [1.807, 2.05) is 0 Å². The van der Waals surface area contributed by atoms with Crippen molar-refractivity contribution in [2.45, 2.75) is 12.6 Å². The van der Waals surface area contributed by atoms with Crippen LogP contribution in [0.5, 0.6) is 11.5 Å². The van der Waals surface area contributed by atoms with Crippen LogP contribution in [0.4, 0.5) is 17.6 Å².